The molecule has 1 aromatic carbocycles. The molecule has 1 aromatic rings. The predicted molar refractivity (Wildman–Crippen MR) is 146 cm³/mol. The average molecular weight is 513 g/mol. The number of ether oxygens (including phenoxy) is 3. The first-order valence-electron chi connectivity index (χ1n) is 11.9. The van der Waals surface area contributed by atoms with Crippen LogP contribution in [0.15, 0.2) is 69.3 Å². The highest BCUT2D eigenvalue weighted by atomic mass is 32.2. The predicted octanol–water partition coefficient (Wildman–Crippen LogP) is 4.71. The van der Waals surface area contributed by atoms with Gasteiger partial charge in [-0.05, 0) is 49.9 Å². The second kappa shape index (κ2) is 13.3. The summed E-state index contributed by atoms with van der Waals surface area (Å²) in [4.78, 5) is 20.9. The molecule has 0 spiro atoms. The van der Waals surface area contributed by atoms with Gasteiger partial charge in [-0.15, -0.1) is 11.8 Å². The van der Waals surface area contributed by atoms with Crippen molar-refractivity contribution in [1.29, 1.82) is 0 Å². The molecule has 1 amide bonds. The molecule has 36 heavy (non-hydrogen) atoms. The van der Waals surface area contributed by atoms with E-state index in [1.54, 1.807) is 39.2 Å². The molecule has 1 aliphatic heterocycles. The van der Waals surface area contributed by atoms with Gasteiger partial charge in [0.05, 0.1) is 26.7 Å². The molecule has 1 fully saturated rings. The third kappa shape index (κ3) is 7.25. The summed E-state index contributed by atoms with van der Waals surface area (Å²) < 4.78 is 16.4. The van der Waals surface area contributed by atoms with Crippen molar-refractivity contribution in [3.63, 3.8) is 0 Å². The second-order valence-electron chi connectivity index (χ2n) is 8.61. The van der Waals surface area contributed by atoms with Crippen molar-refractivity contribution >= 4 is 29.6 Å². The van der Waals surface area contributed by atoms with Gasteiger partial charge in [0.1, 0.15) is 5.76 Å². The first-order chi connectivity index (χ1) is 17.4. The normalized spacial score (nSPS) is 19.4. The van der Waals surface area contributed by atoms with Crippen LogP contribution in [-0.2, 0) is 25.5 Å². The highest BCUT2D eigenvalue weighted by Crippen LogP contribution is 2.39. The highest BCUT2D eigenvalue weighted by Gasteiger charge is 2.24. The lowest BCUT2D eigenvalue weighted by molar-refractivity contribution is -0.112. The third-order valence-corrected chi connectivity index (χ3v) is 6.74. The van der Waals surface area contributed by atoms with Gasteiger partial charge < -0.3 is 24.4 Å². The fraction of sp³-hybridized carbons (Fsp3) is 0.407. The SMILES string of the molecule is CCC=N/C=C1\CNC(c2cc(CN(C)C)cc(NC(=O)C3=CCC(OC)=C(OC)C(OC)=C3)c2)S1. The van der Waals surface area contributed by atoms with Crippen LogP contribution in [0.5, 0.6) is 0 Å². The monoisotopic (exact) mass is 512 g/mol. The van der Waals surface area contributed by atoms with Crippen LogP contribution >= 0.6 is 11.8 Å². The number of nitrogens with zero attached hydrogens (tertiary/aromatic N) is 2. The first-order valence-corrected chi connectivity index (χ1v) is 12.7. The summed E-state index contributed by atoms with van der Waals surface area (Å²) in [5, 5.41) is 6.71. The first kappa shape index (κ1) is 27.6. The van der Waals surface area contributed by atoms with E-state index in [0.29, 0.717) is 29.3 Å². The van der Waals surface area contributed by atoms with Crippen molar-refractivity contribution in [1.82, 2.24) is 10.2 Å². The van der Waals surface area contributed by atoms with Gasteiger partial charge in [-0.3, -0.25) is 15.1 Å². The molecular weight excluding hydrogens is 476 g/mol. The Morgan fingerprint density at radius 1 is 1.22 bits per heavy atom. The molecule has 1 saturated heterocycles. The maximum absolute atomic E-state index is 13.3. The largest absolute Gasteiger partial charge is 0.497 e. The summed E-state index contributed by atoms with van der Waals surface area (Å²) in [6.45, 7) is 3.59. The molecule has 1 unspecified atom stereocenters. The summed E-state index contributed by atoms with van der Waals surface area (Å²) in [7, 11) is 8.72. The molecule has 0 saturated carbocycles. The molecule has 0 radical (unpaired) electrons. The number of methoxy groups -OCH3 is 3. The molecule has 194 valence electrons. The molecule has 1 aliphatic carbocycles. The number of allylic oxidation sites excluding steroid dienone is 1. The molecule has 9 heteroatoms. The fourth-order valence-corrected chi connectivity index (χ4v) is 4.96. The van der Waals surface area contributed by atoms with Crippen molar-refractivity contribution in [3.8, 4) is 0 Å². The molecule has 2 N–H and O–H groups in total. The van der Waals surface area contributed by atoms with E-state index in [1.165, 1.54) is 4.91 Å². The molecule has 2 aliphatic rings. The highest BCUT2D eigenvalue weighted by molar-refractivity contribution is 8.03. The number of rotatable bonds is 10. The Bertz CT molecular complexity index is 1100. The van der Waals surface area contributed by atoms with Gasteiger partial charge in [0.25, 0.3) is 5.91 Å². The molecule has 8 nitrogen and oxygen atoms in total. The van der Waals surface area contributed by atoms with E-state index in [4.69, 9.17) is 14.2 Å². The van der Waals surface area contributed by atoms with E-state index in [9.17, 15) is 4.79 Å². The van der Waals surface area contributed by atoms with Crippen molar-refractivity contribution in [2.24, 2.45) is 4.99 Å². The number of benzene rings is 1. The van der Waals surface area contributed by atoms with E-state index < -0.39 is 0 Å². The van der Waals surface area contributed by atoms with Gasteiger partial charge in [0, 0.05) is 48.1 Å². The molecule has 1 atom stereocenters. The Labute approximate surface area is 218 Å². The van der Waals surface area contributed by atoms with Gasteiger partial charge in [0.15, 0.2) is 11.5 Å². The number of anilines is 1. The summed E-state index contributed by atoms with van der Waals surface area (Å²) in [6, 6.07) is 6.23. The molecule has 1 heterocycles. The lowest BCUT2D eigenvalue weighted by Gasteiger charge is -2.17. The number of aliphatic imine (C=N–C) groups is 1. The number of amides is 1. The summed E-state index contributed by atoms with van der Waals surface area (Å²) in [6.07, 6.45) is 8.63. The van der Waals surface area contributed by atoms with Crippen LogP contribution in [0.25, 0.3) is 0 Å². The Hall–Kier alpha value is -3.01. The van der Waals surface area contributed by atoms with Crippen molar-refractivity contribution < 1.29 is 19.0 Å². The lowest BCUT2D eigenvalue weighted by atomic mass is 10.1. The van der Waals surface area contributed by atoms with Crippen molar-refractivity contribution in [2.75, 3.05) is 47.3 Å². The minimum Gasteiger partial charge on any atom is -0.497 e. The van der Waals surface area contributed by atoms with Gasteiger partial charge in [-0.1, -0.05) is 19.1 Å². The Morgan fingerprint density at radius 2 is 2.03 bits per heavy atom. The fourth-order valence-electron chi connectivity index (χ4n) is 3.93. The zero-order valence-corrected chi connectivity index (χ0v) is 22.7. The van der Waals surface area contributed by atoms with E-state index in [-0.39, 0.29) is 11.3 Å². The topological polar surface area (TPSA) is 84.4 Å². The third-order valence-electron chi connectivity index (χ3n) is 5.52. The maximum atomic E-state index is 13.3. The van der Waals surface area contributed by atoms with Crippen LogP contribution in [0.3, 0.4) is 0 Å². The average Bonchev–Trinajstić information content (AvgIpc) is 3.24. The Balaban J connectivity index is 1.85. The standard InChI is InChI=1S/C27H36N4O4S/c1-7-10-28-15-22-16-29-27(36-22)20-11-18(17-31(2)3)12-21(13-20)30-26(32)19-8-9-23(33-4)25(35-6)24(14-19)34-5/h8,10-15,27,29H,7,9,16-17H2,1-6H3,(H,30,32)/b22-15+,28-10?. The van der Waals surface area contributed by atoms with E-state index in [0.717, 1.165) is 36.3 Å². The summed E-state index contributed by atoms with van der Waals surface area (Å²) >= 11 is 1.75. The quantitative estimate of drug-likeness (QED) is 0.439. The number of carbonyl (C=O) groups is 1. The zero-order valence-electron chi connectivity index (χ0n) is 21.9. The Morgan fingerprint density at radius 3 is 2.69 bits per heavy atom. The van der Waals surface area contributed by atoms with Gasteiger partial charge in [-0.2, -0.15) is 0 Å². The summed E-state index contributed by atoms with van der Waals surface area (Å²) in [5.74, 6) is 1.28. The number of hydrogen-bond acceptors (Lipinski definition) is 8. The number of nitrogens with one attached hydrogen (secondary N) is 2. The van der Waals surface area contributed by atoms with Crippen LogP contribution in [0, 0.1) is 0 Å². The van der Waals surface area contributed by atoms with Crippen LogP contribution < -0.4 is 10.6 Å². The second-order valence-corrected chi connectivity index (χ2v) is 9.84. The van der Waals surface area contributed by atoms with E-state index >= 15 is 0 Å². The van der Waals surface area contributed by atoms with Crippen LogP contribution in [-0.4, -0.2) is 59.0 Å². The number of hydrogen-bond donors (Lipinski definition) is 2. The van der Waals surface area contributed by atoms with Crippen LogP contribution in [0.2, 0.25) is 0 Å². The lowest BCUT2D eigenvalue weighted by Crippen LogP contribution is -2.17. The minimum atomic E-state index is -0.230. The van der Waals surface area contributed by atoms with Gasteiger partial charge >= 0.3 is 0 Å². The summed E-state index contributed by atoms with van der Waals surface area (Å²) in [5.41, 5.74) is 3.43. The van der Waals surface area contributed by atoms with Gasteiger partial charge in [-0.25, -0.2) is 0 Å². The van der Waals surface area contributed by atoms with E-state index in [2.05, 4.69) is 33.5 Å². The van der Waals surface area contributed by atoms with Crippen molar-refractivity contribution in [2.45, 2.75) is 31.7 Å². The number of carbonyl (C=O) groups excluding carboxylic acids is 1. The van der Waals surface area contributed by atoms with Gasteiger partial charge in [0.2, 0.25) is 0 Å². The minimum absolute atomic E-state index is 0.0839. The molecule has 0 bridgehead atoms. The number of thioether (sulfide) groups is 1. The van der Waals surface area contributed by atoms with Crippen LogP contribution in [0.1, 0.15) is 36.3 Å². The zero-order chi connectivity index (χ0) is 26.1. The van der Waals surface area contributed by atoms with E-state index in [1.807, 2.05) is 44.7 Å². The maximum Gasteiger partial charge on any atom is 0.255 e. The van der Waals surface area contributed by atoms with Crippen molar-refractivity contribution in [3.05, 3.63) is 75.4 Å². The van der Waals surface area contributed by atoms with Crippen LogP contribution in [0.4, 0.5) is 5.69 Å². The molecule has 0 aromatic heterocycles. The molecule has 3 rings (SSSR count). The molecular formula is C27H36N4O4S. The Kier molecular flexibility index (Phi) is 10.2. The smallest absolute Gasteiger partial charge is 0.255 e.